The van der Waals surface area contributed by atoms with Crippen LogP contribution in [-0.2, 0) is 16.0 Å². The average Bonchev–Trinajstić information content (AvgIpc) is 2.97. The summed E-state index contributed by atoms with van der Waals surface area (Å²) in [7, 11) is 0. The standard InChI is InChI=1S/C18H18F2N2O5/c19-18(20)11-21(16(24)25)7-6-13(18)9-15(23)22-14(10-27-17(22)26)8-12-4-2-1-3-5-12/h1-5,9,14H,6-8,10-11H2,(H,24,25). The summed E-state index contributed by atoms with van der Waals surface area (Å²) in [5, 5.41) is 8.86. The van der Waals surface area contributed by atoms with Crippen molar-refractivity contribution in [2.75, 3.05) is 19.7 Å². The van der Waals surface area contributed by atoms with Crippen LogP contribution in [0, 0.1) is 0 Å². The molecule has 1 N–H and O–H groups in total. The van der Waals surface area contributed by atoms with Crippen LogP contribution < -0.4 is 0 Å². The number of ether oxygens (including phenoxy) is 1. The number of likely N-dealkylation sites (tertiary alicyclic amines) is 1. The number of rotatable bonds is 3. The van der Waals surface area contributed by atoms with E-state index >= 15 is 0 Å². The quantitative estimate of drug-likeness (QED) is 0.815. The molecule has 1 atom stereocenters. The Balaban J connectivity index is 1.76. The van der Waals surface area contributed by atoms with Gasteiger partial charge in [-0.05, 0) is 18.4 Å². The van der Waals surface area contributed by atoms with E-state index in [4.69, 9.17) is 9.84 Å². The van der Waals surface area contributed by atoms with Crippen LogP contribution in [0.5, 0.6) is 0 Å². The van der Waals surface area contributed by atoms with Crippen LogP contribution in [0.4, 0.5) is 18.4 Å². The number of carbonyl (C=O) groups is 3. The summed E-state index contributed by atoms with van der Waals surface area (Å²) in [6.45, 7) is -1.16. The highest BCUT2D eigenvalue weighted by atomic mass is 19.3. The van der Waals surface area contributed by atoms with Crippen molar-refractivity contribution in [1.29, 1.82) is 0 Å². The molecular formula is C18H18F2N2O5. The van der Waals surface area contributed by atoms with Crippen molar-refractivity contribution in [2.45, 2.75) is 24.8 Å². The Morgan fingerprint density at radius 3 is 2.63 bits per heavy atom. The fourth-order valence-corrected chi connectivity index (χ4v) is 3.19. The molecule has 2 aliphatic heterocycles. The van der Waals surface area contributed by atoms with Gasteiger partial charge in [-0.25, -0.2) is 14.5 Å². The minimum absolute atomic E-state index is 0.00811. The zero-order valence-electron chi connectivity index (χ0n) is 14.3. The molecule has 7 nitrogen and oxygen atoms in total. The number of imide groups is 1. The van der Waals surface area contributed by atoms with Gasteiger partial charge in [-0.15, -0.1) is 0 Å². The predicted molar refractivity (Wildman–Crippen MR) is 89.4 cm³/mol. The van der Waals surface area contributed by atoms with Crippen molar-refractivity contribution in [3.8, 4) is 0 Å². The van der Waals surface area contributed by atoms with Gasteiger partial charge in [-0.2, -0.15) is 8.78 Å². The van der Waals surface area contributed by atoms with Gasteiger partial charge < -0.3 is 14.7 Å². The summed E-state index contributed by atoms with van der Waals surface area (Å²) in [6, 6.07) is 8.55. The molecule has 2 heterocycles. The minimum Gasteiger partial charge on any atom is -0.465 e. The first-order valence-corrected chi connectivity index (χ1v) is 8.38. The third-order valence-corrected chi connectivity index (χ3v) is 4.59. The van der Waals surface area contributed by atoms with Crippen LogP contribution in [0.25, 0.3) is 0 Å². The Morgan fingerprint density at radius 1 is 1.30 bits per heavy atom. The van der Waals surface area contributed by atoms with Crippen molar-refractivity contribution < 1.29 is 33.0 Å². The number of cyclic esters (lactones) is 1. The highest BCUT2D eigenvalue weighted by Crippen LogP contribution is 2.33. The Hall–Kier alpha value is -2.97. The molecule has 1 unspecified atom stereocenters. The normalized spacial score (nSPS) is 23.4. The number of piperidine rings is 1. The van der Waals surface area contributed by atoms with Crippen LogP contribution in [0.2, 0.25) is 0 Å². The third kappa shape index (κ3) is 4.07. The van der Waals surface area contributed by atoms with E-state index in [0.29, 0.717) is 11.3 Å². The van der Waals surface area contributed by atoms with Crippen molar-refractivity contribution >= 4 is 18.1 Å². The predicted octanol–water partition coefficient (Wildman–Crippen LogP) is 2.52. The summed E-state index contributed by atoms with van der Waals surface area (Å²) >= 11 is 0. The molecule has 3 amide bonds. The van der Waals surface area contributed by atoms with E-state index in [2.05, 4.69) is 0 Å². The van der Waals surface area contributed by atoms with Gasteiger partial charge in [-0.3, -0.25) is 4.79 Å². The molecule has 0 aromatic heterocycles. The molecule has 3 rings (SSSR count). The lowest BCUT2D eigenvalue weighted by atomic mass is 9.99. The summed E-state index contributed by atoms with van der Waals surface area (Å²) < 4.78 is 33.3. The van der Waals surface area contributed by atoms with Crippen LogP contribution in [0.15, 0.2) is 42.0 Å². The van der Waals surface area contributed by atoms with E-state index in [9.17, 15) is 23.2 Å². The van der Waals surface area contributed by atoms with E-state index in [-0.39, 0.29) is 19.6 Å². The highest BCUT2D eigenvalue weighted by Gasteiger charge is 2.43. The first-order valence-electron chi connectivity index (χ1n) is 8.38. The number of benzene rings is 1. The lowest BCUT2D eigenvalue weighted by molar-refractivity contribution is -0.124. The summed E-state index contributed by atoms with van der Waals surface area (Å²) in [6.07, 6.45) is -1.50. The number of amides is 3. The van der Waals surface area contributed by atoms with E-state index in [1.165, 1.54) is 0 Å². The topological polar surface area (TPSA) is 87.2 Å². The summed E-state index contributed by atoms with van der Waals surface area (Å²) in [4.78, 5) is 36.8. The molecule has 1 aromatic rings. The molecule has 2 fully saturated rings. The third-order valence-electron chi connectivity index (χ3n) is 4.59. The summed E-state index contributed by atoms with van der Waals surface area (Å²) in [5.41, 5.74) is 0.398. The molecule has 9 heteroatoms. The first kappa shape index (κ1) is 18.8. The lowest BCUT2D eigenvalue weighted by Gasteiger charge is -2.32. The Morgan fingerprint density at radius 2 is 2.00 bits per heavy atom. The second-order valence-corrected chi connectivity index (χ2v) is 6.46. The van der Waals surface area contributed by atoms with Gasteiger partial charge in [0.15, 0.2) is 0 Å². The summed E-state index contributed by atoms with van der Waals surface area (Å²) in [5.74, 6) is -4.35. The number of carboxylic acid groups (broad SMARTS) is 1. The molecule has 0 bridgehead atoms. The van der Waals surface area contributed by atoms with Gasteiger partial charge >= 0.3 is 12.2 Å². The van der Waals surface area contributed by atoms with Crippen LogP contribution in [-0.4, -0.2) is 64.7 Å². The van der Waals surface area contributed by atoms with Crippen molar-refractivity contribution in [3.05, 3.63) is 47.5 Å². The SMILES string of the molecule is O=C(O)N1CCC(=CC(=O)N2C(=O)OCC2Cc2ccccc2)C(F)(F)C1. The molecular weight excluding hydrogens is 362 g/mol. The molecule has 144 valence electrons. The smallest absolute Gasteiger partial charge is 0.417 e. The maximum Gasteiger partial charge on any atom is 0.417 e. The van der Waals surface area contributed by atoms with Gasteiger partial charge in [0.05, 0.1) is 12.6 Å². The first-order chi connectivity index (χ1) is 12.8. The molecule has 0 spiro atoms. The van der Waals surface area contributed by atoms with Crippen LogP contribution in [0.1, 0.15) is 12.0 Å². The van der Waals surface area contributed by atoms with Gasteiger partial charge in [0.2, 0.25) is 0 Å². The van der Waals surface area contributed by atoms with Gasteiger partial charge in [0, 0.05) is 18.2 Å². The molecule has 2 saturated heterocycles. The van der Waals surface area contributed by atoms with Gasteiger partial charge in [-0.1, -0.05) is 30.3 Å². The number of hydrogen-bond donors (Lipinski definition) is 1. The van der Waals surface area contributed by atoms with Gasteiger partial charge in [0.1, 0.15) is 6.61 Å². The average molecular weight is 380 g/mol. The van der Waals surface area contributed by atoms with Crippen LogP contribution in [0.3, 0.4) is 0 Å². The Kier molecular flexibility index (Phi) is 5.11. The van der Waals surface area contributed by atoms with E-state index < -0.39 is 42.2 Å². The van der Waals surface area contributed by atoms with Crippen LogP contribution >= 0.6 is 0 Å². The molecule has 0 saturated carbocycles. The molecule has 2 aliphatic rings. The monoisotopic (exact) mass is 380 g/mol. The second kappa shape index (κ2) is 7.34. The molecule has 0 aliphatic carbocycles. The fourth-order valence-electron chi connectivity index (χ4n) is 3.19. The minimum atomic E-state index is -3.47. The number of hydrogen-bond acceptors (Lipinski definition) is 4. The fraction of sp³-hybridized carbons (Fsp3) is 0.389. The number of nitrogens with zero attached hydrogens (tertiary/aromatic N) is 2. The van der Waals surface area contributed by atoms with Crippen molar-refractivity contribution in [1.82, 2.24) is 9.80 Å². The number of halogens is 2. The number of alkyl halides is 2. The molecule has 1 aromatic carbocycles. The van der Waals surface area contributed by atoms with Gasteiger partial charge in [0.25, 0.3) is 11.8 Å². The zero-order valence-corrected chi connectivity index (χ0v) is 14.3. The zero-order chi connectivity index (χ0) is 19.6. The maximum atomic E-state index is 14.2. The van der Waals surface area contributed by atoms with E-state index in [0.717, 1.165) is 16.5 Å². The van der Waals surface area contributed by atoms with Crippen molar-refractivity contribution in [2.24, 2.45) is 0 Å². The Labute approximate surface area is 153 Å². The van der Waals surface area contributed by atoms with Crippen molar-refractivity contribution in [3.63, 3.8) is 0 Å². The maximum absolute atomic E-state index is 14.2. The van der Waals surface area contributed by atoms with E-state index in [1.807, 2.05) is 30.3 Å². The molecule has 0 radical (unpaired) electrons. The lowest BCUT2D eigenvalue weighted by Crippen LogP contribution is -2.47. The Bertz CT molecular complexity index is 781. The largest absolute Gasteiger partial charge is 0.465 e. The number of carbonyl (C=O) groups excluding carboxylic acids is 2. The second-order valence-electron chi connectivity index (χ2n) is 6.46. The molecule has 27 heavy (non-hydrogen) atoms. The highest BCUT2D eigenvalue weighted by molar-refractivity contribution is 6.00. The van der Waals surface area contributed by atoms with E-state index in [1.54, 1.807) is 0 Å².